The lowest BCUT2D eigenvalue weighted by molar-refractivity contribution is -0.118. The molecule has 0 spiro atoms. The van der Waals surface area contributed by atoms with E-state index in [-0.39, 0.29) is 23.3 Å². The van der Waals surface area contributed by atoms with Crippen molar-refractivity contribution in [3.8, 4) is 0 Å². The van der Waals surface area contributed by atoms with Gasteiger partial charge in [0.15, 0.2) is 0 Å². The van der Waals surface area contributed by atoms with Gasteiger partial charge in [-0.3, -0.25) is 4.79 Å². The number of carbonyl (C=O) groups excluding carboxylic acids is 1. The SMILES string of the molecule is CC(C)C(=O)Nc1cccc(CNS(=O)(=O)c2cccc(Br)c2)c1. The van der Waals surface area contributed by atoms with Crippen molar-refractivity contribution < 1.29 is 13.2 Å². The molecule has 5 nitrogen and oxygen atoms in total. The van der Waals surface area contributed by atoms with Gasteiger partial charge >= 0.3 is 0 Å². The normalized spacial score (nSPS) is 11.5. The molecule has 0 saturated heterocycles. The lowest BCUT2D eigenvalue weighted by atomic mass is 10.1. The zero-order valence-electron chi connectivity index (χ0n) is 13.4. The standard InChI is InChI=1S/C17H19BrN2O3S/c1-12(2)17(21)20-15-7-3-5-13(9-15)11-19-24(22,23)16-8-4-6-14(18)10-16/h3-10,12,19H,11H2,1-2H3,(H,20,21). The first-order valence-electron chi connectivity index (χ1n) is 7.43. The van der Waals surface area contributed by atoms with Crippen molar-refractivity contribution >= 4 is 37.5 Å². The number of halogens is 1. The second kappa shape index (κ2) is 7.92. The van der Waals surface area contributed by atoms with Crippen LogP contribution in [-0.2, 0) is 21.4 Å². The third kappa shape index (κ3) is 5.15. The molecule has 0 fully saturated rings. The molecule has 0 aliphatic carbocycles. The molecule has 0 saturated carbocycles. The number of sulfonamides is 1. The molecule has 0 aromatic heterocycles. The first-order chi connectivity index (χ1) is 11.3. The average Bonchev–Trinajstić information content (AvgIpc) is 2.53. The van der Waals surface area contributed by atoms with Gasteiger partial charge in [0.05, 0.1) is 4.90 Å². The Hall–Kier alpha value is -1.70. The number of hydrogen-bond acceptors (Lipinski definition) is 3. The molecule has 0 radical (unpaired) electrons. The van der Waals surface area contributed by atoms with Gasteiger partial charge in [-0.05, 0) is 35.9 Å². The van der Waals surface area contributed by atoms with Crippen molar-refractivity contribution in [1.29, 1.82) is 0 Å². The second-order valence-electron chi connectivity index (χ2n) is 5.63. The number of hydrogen-bond donors (Lipinski definition) is 2. The number of nitrogens with one attached hydrogen (secondary N) is 2. The van der Waals surface area contributed by atoms with Crippen LogP contribution in [0.3, 0.4) is 0 Å². The quantitative estimate of drug-likeness (QED) is 0.764. The third-order valence-corrected chi connectivity index (χ3v) is 5.18. The van der Waals surface area contributed by atoms with E-state index in [4.69, 9.17) is 0 Å². The maximum absolute atomic E-state index is 12.3. The van der Waals surface area contributed by atoms with Crippen LogP contribution in [0, 0.1) is 5.92 Å². The molecule has 24 heavy (non-hydrogen) atoms. The van der Waals surface area contributed by atoms with Crippen LogP contribution < -0.4 is 10.0 Å². The summed E-state index contributed by atoms with van der Waals surface area (Å²) in [5, 5.41) is 2.80. The van der Waals surface area contributed by atoms with Gasteiger partial charge in [-0.25, -0.2) is 13.1 Å². The largest absolute Gasteiger partial charge is 0.326 e. The van der Waals surface area contributed by atoms with Crippen LogP contribution in [0.25, 0.3) is 0 Å². The Kier molecular flexibility index (Phi) is 6.15. The Morgan fingerprint density at radius 3 is 2.50 bits per heavy atom. The van der Waals surface area contributed by atoms with E-state index >= 15 is 0 Å². The fraction of sp³-hybridized carbons (Fsp3) is 0.235. The minimum absolute atomic E-state index is 0.0816. The molecule has 0 heterocycles. The summed E-state index contributed by atoms with van der Waals surface area (Å²) in [6.45, 7) is 3.76. The molecule has 2 aromatic carbocycles. The third-order valence-electron chi connectivity index (χ3n) is 3.29. The Balaban J connectivity index is 2.08. The summed E-state index contributed by atoms with van der Waals surface area (Å²) in [7, 11) is -3.60. The summed E-state index contributed by atoms with van der Waals surface area (Å²) in [5.74, 6) is -0.203. The minimum atomic E-state index is -3.60. The lowest BCUT2D eigenvalue weighted by Crippen LogP contribution is -2.23. The Labute approximate surface area is 150 Å². The number of carbonyl (C=O) groups is 1. The van der Waals surface area contributed by atoms with Gasteiger partial charge in [0.1, 0.15) is 0 Å². The first-order valence-corrected chi connectivity index (χ1v) is 9.70. The van der Waals surface area contributed by atoms with Crippen LogP contribution in [0.2, 0.25) is 0 Å². The van der Waals surface area contributed by atoms with Crippen LogP contribution in [0.15, 0.2) is 57.9 Å². The van der Waals surface area contributed by atoms with Gasteiger partial charge in [0.25, 0.3) is 0 Å². The predicted molar refractivity (Wildman–Crippen MR) is 98.1 cm³/mol. The maximum Gasteiger partial charge on any atom is 0.240 e. The van der Waals surface area contributed by atoms with Crippen molar-refractivity contribution in [3.05, 3.63) is 58.6 Å². The van der Waals surface area contributed by atoms with E-state index in [0.717, 1.165) is 5.56 Å². The van der Waals surface area contributed by atoms with Gasteiger partial charge in [-0.1, -0.05) is 48.0 Å². The highest BCUT2D eigenvalue weighted by Gasteiger charge is 2.14. The van der Waals surface area contributed by atoms with Crippen molar-refractivity contribution in [2.45, 2.75) is 25.3 Å². The summed E-state index contributed by atoms with van der Waals surface area (Å²) in [5.41, 5.74) is 1.41. The summed E-state index contributed by atoms with van der Waals surface area (Å²) >= 11 is 3.26. The van der Waals surface area contributed by atoms with Crippen molar-refractivity contribution in [2.24, 2.45) is 5.92 Å². The van der Waals surface area contributed by atoms with E-state index in [1.807, 2.05) is 13.8 Å². The van der Waals surface area contributed by atoms with Crippen LogP contribution in [-0.4, -0.2) is 14.3 Å². The first kappa shape index (κ1) is 18.6. The number of anilines is 1. The van der Waals surface area contributed by atoms with Gasteiger partial charge in [0.2, 0.25) is 15.9 Å². The van der Waals surface area contributed by atoms with Crippen molar-refractivity contribution in [1.82, 2.24) is 4.72 Å². The molecular formula is C17H19BrN2O3S. The summed E-state index contributed by atoms with van der Waals surface area (Å²) < 4.78 is 27.9. The van der Waals surface area contributed by atoms with Crippen LogP contribution in [0.1, 0.15) is 19.4 Å². The molecule has 1 amide bonds. The monoisotopic (exact) mass is 410 g/mol. The van der Waals surface area contributed by atoms with Crippen LogP contribution in [0.4, 0.5) is 5.69 Å². The molecule has 0 unspecified atom stereocenters. The average molecular weight is 411 g/mol. The van der Waals surface area contributed by atoms with Gasteiger partial charge < -0.3 is 5.32 Å². The van der Waals surface area contributed by atoms with E-state index in [0.29, 0.717) is 10.2 Å². The molecule has 7 heteroatoms. The molecular weight excluding hydrogens is 392 g/mol. The topological polar surface area (TPSA) is 75.3 Å². The molecule has 128 valence electrons. The van der Waals surface area contributed by atoms with E-state index in [1.165, 1.54) is 6.07 Å². The van der Waals surface area contributed by atoms with E-state index in [1.54, 1.807) is 42.5 Å². The number of rotatable bonds is 6. The highest BCUT2D eigenvalue weighted by atomic mass is 79.9. The maximum atomic E-state index is 12.3. The van der Waals surface area contributed by atoms with Crippen molar-refractivity contribution in [3.63, 3.8) is 0 Å². The predicted octanol–water partition coefficient (Wildman–Crippen LogP) is 3.52. The Morgan fingerprint density at radius 1 is 1.12 bits per heavy atom. The molecule has 0 aliphatic rings. The van der Waals surface area contributed by atoms with Gasteiger partial charge in [0, 0.05) is 22.6 Å². The minimum Gasteiger partial charge on any atom is -0.326 e. The summed E-state index contributed by atoms with van der Waals surface area (Å²) in [4.78, 5) is 11.9. The van der Waals surface area contributed by atoms with Gasteiger partial charge in [-0.15, -0.1) is 0 Å². The van der Waals surface area contributed by atoms with Gasteiger partial charge in [-0.2, -0.15) is 0 Å². The number of benzene rings is 2. The van der Waals surface area contributed by atoms with E-state index in [9.17, 15) is 13.2 Å². The highest BCUT2D eigenvalue weighted by molar-refractivity contribution is 9.10. The smallest absolute Gasteiger partial charge is 0.240 e. The molecule has 2 rings (SSSR count). The second-order valence-corrected chi connectivity index (χ2v) is 8.31. The molecule has 0 bridgehead atoms. The Morgan fingerprint density at radius 2 is 1.83 bits per heavy atom. The fourth-order valence-corrected chi connectivity index (χ4v) is 3.56. The zero-order valence-corrected chi connectivity index (χ0v) is 15.8. The highest BCUT2D eigenvalue weighted by Crippen LogP contribution is 2.17. The van der Waals surface area contributed by atoms with E-state index < -0.39 is 10.0 Å². The summed E-state index contributed by atoms with van der Waals surface area (Å²) in [6, 6.07) is 13.6. The zero-order chi connectivity index (χ0) is 17.7. The molecule has 0 atom stereocenters. The fourth-order valence-electron chi connectivity index (χ4n) is 1.94. The summed E-state index contributed by atoms with van der Waals surface area (Å²) in [6.07, 6.45) is 0. The Bertz CT molecular complexity index is 835. The van der Waals surface area contributed by atoms with Crippen molar-refractivity contribution in [2.75, 3.05) is 5.32 Å². The molecule has 2 N–H and O–H groups in total. The van der Waals surface area contributed by atoms with Crippen LogP contribution in [0.5, 0.6) is 0 Å². The molecule has 2 aromatic rings. The molecule has 0 aliphatic heterocycles. The van der Waals surface area contributed by atoms with E-state index in [2.05, 4.69) is 26.0 Å². The van der Waals surface area contributed by atoms with Crippen LogP contribution >= 0.6 is 15.9 Å². The lowest BCUT2D eigenvalue weighted by Gasteiger charge is -2.10. The number of amides is 1.